The van der Waals surface area contributed by atoms with Crippen LogP contribution in [0.25, 0.3) is 0 Å². The van der Waals surface area contributed by atoms with Crippen LogP contribution in [0.4, 0.5) is 15.9 Å². The number of aromatic nitrogens is 2. The van der Waals surface area contributed by atoms with Crippen LogP contribution in [-0.2, 0) is 18.4 Å². The van der Waals surface area contributed by atoms with Gasteiger partial charge in [-0.05, 0) is 31.0 Å². The maximum atomic E-state index is 13.0. The Hall–Kier alpha value is -2.97. The van der Waals surface area contributed by atoms with E-state index in [-0.39, 0.29) is 23.2 Å². The van der Waals surface area contributed by atoms with Crippen LogP contribution < -0.4 is 5.32 Å². The predicted octanol–water partition coefficient (Wildman–Crippen LogP) is 1.99. The summed E-state index contributed by atoms with van der Waals surface area (Å²) in [6, 6.07) is 5.44. The van der Waals surface area contributed by atoms with Crippen LogP contribution in [0.15, 0.2) is 24.3 Å². The van der Waals surface area contributed by atoms with E-state index in [1.54, 1.807) is 31.0 Å². The number of amides is 1. The van der Waals surface area contributed by atoms with Crippen LogP contribution in [0.2, 0.25) is 0 Å². The Kier molecular flexibility index (Phi) is 4.39. The number of nitrogens with one attached hydrogen (secondary N) is 1. The lowest BCUT2D eigenvalue weighted by Crippen LogP contribution is -2.33. The van der Waals surface area contributed by atoms with Gasteiger partial charge >= 0.3 is 5.69 Å². The molecule has 1 saturated heterocycles. The van der Waals surface area contributed by atoms with Gasteiger partial charge in [-0.15, -0.1) is 0 Å². The van der Waals surface area contributed by atoms with Crippen molar-refractivity contribution >= 4 is 17.4 Å². The summed E-state index contributed by atoms with van der Waals surface area (Å²) in [7, 11) is 1.60. The number of carbonyl (C=O) groups excluding carboxylic acids is 1. The number of hydrogen-bond acceptors (Lipinski definition) is 5. The molecule has 0 saturated carbocycles. The summed E-state index contributed by atoms with van der Waals surface area (Å²) in [4.78, 5) is 25.0. The fourth-order valence-electron chi connectivity index (χ4n) is 3.03. The fraction of sp³-hybridized carbons (Fsp3) is 0.375. The van der Waals surface area contributed by atoms with Crippen LogP contribution >= 0.6 is 0 Å². The number of anilines is 1. The molecule has 0 aliphatic carbocycles. The Labute approximate surface area is 143 Å². The van der Waals surface area contributed by atoms with Gasteiger partial charge in [0.25, 0.3) is 0 Å². The fourth-order valence-corrected chi connectivity index (χ4v) is 3.03. The molecule has 1 aliphatic rings. The Morgan fingerprint density at radius 2 is 2.08 bits per heavy atom. The molecule has 1 fully saturated rings. The van der Waals surface area contributed by atoms with Gasteiger partial charge in [0.15, 0.2) is 0 Å². The number of rotatable bonds is 5. The maximum absolute atomic E-state index is 13.0. The monoisotopic (exact) mass is 347 g/mol. The lowest BCUT2D eigenvalue weighted by atomic mass is 10.2. The van der Waals surface area contributed by atoms with Gasteiger partial charge in [-0.3, -0.25) is 14.9 Å². The standard InChI is InChI=1S/C16H18FN5O3/c1-10-14(22(24)25)15(20(2)19-10)18-13-7-8-21(16(13)23)9-11-3-5-12(17)6-4-11/h3-6,13,18H,7-9H2,1-2H3. The van der Waals surface area contributed by atoms with Crippen molar-refractivity contribution in [2.24, 2.45) is 7.05 Å². The molecular formula is C16H18FN5O3. The molecule has 2 aromatic rings. The molecule has 8 nitrogen and oxygen atoms in total. The molecule has 0 spiro atoms. The second-order valence-corrected chi connectivity index (χ2v) is 6.04. The van der Waals surface area contributed by atoms with Crippen molar-refractivity contribution in [2.45, 2.75) is 25.9 Å². The lowest BCUT2D eigenvalue weighted by molar-refractivity contribution is -0.384. The lowest BCUT2D eigenvalue weighted by Gasteiger charge is -2.17. The topological polar surface area (TPSA) is 93.3 Å². The van der Waals surface area contributed by atoms with Crippen LogP contribution in [-0.4, -0.2) is 38.1 Å². The summed E-state index contributed by atoms with van der Waals surface area (Å²) in [5.41, 5.74) is 1.01. The van der Waals surface area contributed by atoms with E-state index in [9.17, 15) is 19.3 Å². The molecule has 25 heavy (non-hydrogen) atoms. The Morgan fingerprint density at radius 3 is 2.72 bits per heavy atom. The summed E-state index contributed by atoms with van der Waals surface area (Å²) in [6.45, 7) is 2.46. The first kappa shape index (κ1) is 16.9. The average molecular weight is 347 g/mol. The summed E-state index contributed by atoms with van der Waals surface area (Å²) in [6.07, 6.45) is 0.529. The summed E-state index contributed by atoms with van der Waals surface area (Å²) in [5.74, 6) is -0.239. The van der Waals surface area contributed by atoms with Gasteiger partial charge in [0.2, 0.25) is 11.7 Å². The van der Waals surface area contributed by atoms with Crippen molar-refractivity contribution in [3.63, 3.8) is 0 Å². The molecule has 1 atom stereocenters. The van der Waals surface area contributed by atoms with Crippen molar-refractivity contribution in [1.82, 2.24) is 14.7 Å². The Balaban J connectivity index is 1.73. The molecule has 0 radical (unpaired) electrons. The summed E-state index contributed by atoms with van der Waals surface area (Å²) < 4.78 is 14.3. The number of nitro groups is 1. The minimum absolute atomic E-state index is 0.118. The molecule has 1 aromatic carbocycles. The second-order valence-electron chi connectivity index (χ2n) is 6.04. The highest BCUT2D eigenvalue weighted by Crippen LogP contribution is 2.29. The van der Waals surface area contributed by atoms with Gasteiger partial charge in [-0.1, -0.05) is 12.1 Å². The van der Waals surface area contributed by atoms with Gasteiger partial charge in [0, 0.05) is 20.1 Å². The van der Waals surface area contributed by atoms with Crippen molar-refractivity contribution in [1.29, 1.82) is 0 Å². The highest BCUT2D eigenvalue weighted by molar-refractivity contribution is 5.87. The zero-order chi connectivity index (χ0) is 18.1. The Bertz CT molecular complexity index is 818. The minimum atomic E-state index is -0.547. The van der Waals surface area contributed by atoms with Gasteiger partial charge in [0.05, 0.1) is 4.92 Å². The number of halogens is 1. The highest BCUT2D eigenvalue weighted by Gasteiger charge is 2.35. The molecule has 1 unspecified atom stereocenters. The minimum Gasteiger partial charge on any atom is -0.353 e. The molecule has 3 rings (SSSR count). The average Bonchev–Trinajstić information content (AvgIpc) is 3.03. The van der Waals surface area contributed by atoms with E-state index >= 15 is 0 Å². The summed E-state index contributed by atoms with van der Waals surface area (Å²) >= 11 is 0. The van der Waals surface area contributed by atoms with Crippen LogP contribution in [0, 0.1) is 22.9 Å². The van der Waals surface area contributed by atoms with E-state index in [0.717, 1.165) is 5.56 Å². The number of likely N-dealkylation sites (tertiary alicyclic amines) is 1. The number of benzene rings is 1. The third-order valence-electron chi connectivity index (χ3n) is 4.27. The molecule has 1 N–H and O–H groups in total. The quantitative estimate of drug-likeness (QED) is 0.659. The third-order valence-corrected chi connectivity index (χ3v) is 4.27. The predicted molar refractivity (Wildman–Crippen MR) is 88.4 cm³/mol. The molecule has 2 heterocycles. The van der Waals surface area contributed by atoms with E-state index < -0.39 is 11.0 Å². The van der Waals surface area contributed by atoms with E-state index in [0.29, 0.717) is 25.2 Å². The zero-order valence-corrected chi connectivity index (χ0v) is 13.9. The third kappa shape index (κ3) is 3.30. The van der Waals surface area contributed by atoms with E-state index in [1.165, 1.54) is 16.8 Å². The molecule has 132 valence electrons. The number of hydrogen-bond donors (Lipinski definition) is 1. The summed E-state index contributed by atoms with van der Waals surface area (Å²) in [5, 5.41) is 18.2. The van der Waals surface area contributed by atoms with Gasteiger partial charge < -0.3 is 10.2 Å². The maximum Gasteiger partial charge on any atom is 0.333 e. The van der Waals surface area contributed by atoms with Gasteiger partial charge in [0.1, 0.15) is 17.6 Å². The SMILES string of the molecule is Cc1nn(C)c(NC2CCN(Cc3ccc(F)cc3)C2=O)c1[N+](=O)[O-]. The normalized spacial score (nSPS) is 17.2. The first-order valence-corrected chi connectivity index (χ1v) is 7.84. The smallest absolute Gasteiger partial charge is 0.333 e. The van der Waals surface area contributed by atoms with Gasteiger partial charge in [-0.25, -0.2) is 9.07 Å². The number of carbonyl (C=O) groups is 1. The molecule has 1 aliphatic heterocycles. The van der Waals surface area contributed by atoms with Gasteiger partial charge in [-0.2, -0.15) is 5.10 Å². The molecule has 1 aromatic heterocycles. The van der Waals surface area contributed by atoms with Crippen molar-refractivity contribution < 1.29 is 14.1 Å². The molecule has 1 amide bonds. The molecule has 0 bridgehead atoms. The van der Waals surface area contributed by atoms with Crippen LogP contribution in [0.5, 0.6) is 0 Å². The van der Waals surface area contributed by atoms with E-state index in [4.69, 9.17) is 0 Å². The number of aryl methyl sites for hydroxylation is 2. The van der Waals surface area contributed by atoms with E-state index in [1.807, 2.05) is 0 Å². The van der Waals surface area contributed by atoms with Crippen molar-refractivity contribution in [3.8, 4) is 0 Å². The zero-order valence-electron chi connectivity index (χ0n) is 13.9. The molecule has 9 heteroatoms. The molecular weight excluding hydrogens is 329 g/mol. The van der Waals surface area contributed by atoms with Crippen LogP contribution in [0.1, 0.15) is 17.7 Å². The number of nitrogens with zero attached hydrogens (tertiary/aromatic N) is 4. The Morgan fingerprint density at radius 1 is 1.40 bits per heavy atom. The first-order chi connectivity index (χ1) is 11.9. The highest BCUT2D eigenvalue weighted by atomic mass is 19.1. The van der Waals surface area contributed by atoms with Crippen molar-refractivity contribution in [2.75, 3.05) is 11.9 Å². The second kappa shape index (κ2) is 6.50. The van der Waals surface area contributed by atoms with E-state index in [2.05, 4.69) is 10.4 Å². The first-order valence-electron chi connectivity index (χ1n) is 7.84. The van der Waals surface area contributed by atoms with Crippen molar-refractivity contribution in [3.05, 3.63) is 51.5 Å². The largest absolute Gasteiger partial charge is 0.353 e. The van der Waals surface area contributed by atoms with Crippen LogP contribution in [0.3, 0.4) is 0 Å².